The summed E-state index contributed by atoms with van der Waals surface area (Å²) in [5, 5.41) is 12.0. The Morgan fingerprint density at radius 2 is 2.26 bits per heavy atom. The molecule has 0 atom stereocenters. The maximum Gasteiger partial charge on any atom is 0.280 e. The summed E-state index contributed by atoms with van der Waals surface area (Å²) in [6.07, 6.45) is 1.38. The van der Waals surface area contributed by atoms with Gasteiger partial charge in [0.15, 0.2) is 5.69 Å². The summed E-state index contributed by atoms with van der Waals surface area (Å²) in [5.41, 5.74) is -0.134. The Kier molecular flexibility index (Phi) is 3.76. The van der Waals surface area contributed by atoms with Gasteiger partial charge in [-0.15, -0.1) is 0 Å². The van der Waals surface area contributed by atoms with Crippen LogP contribution >= 0.6 is 11.6 Å². The van der Waals surface area contributed by atoms with Gasteiger partial charge in [0.1, 0.15) is 10.9 Å². The summed E-state index contributed by atoms with van der Waals surface area (Å²) in [7, 11) is 1.41. The molecule has 0 saturated carbocycles. The second kappa shape index (κ2) is 5.49. The predicted molar refractivity (Wildman–Crippen MR) is 67.4 cm³/mol. The molecule has 8 heteroatoms. The molecule has 0 fully saturated rings. The van der Waals surface area contributed by atoms with Crippen LogP contribution in [0.4, 0.5) is 5.95 Å². The van der Waals surface area contributed by atoms with Crippen LogP contribution in [0.3, 0.4) is 0 Å². The van der Waals surface area contributed by atoms with Crippen molar-refractivity contribution < 1.29 is 14.6 Å². The Balaban J connectivity index is 2.24. The van der Waals surface area contributed by atoms with Gasteiger partial charge >= 0.3 is 0 Å². The third-order valence-electron chi connectivity index (χ3n) is 2.11. The number of halogens is 1. The second-order valence-corrected chi connectivity index (χ2v) is 3.77. The number of amides is 1. The van der Waals surface area contributed by atoms with Crippen LogP contribution in [0.15, 0.2) is 24.4 Å². The number of rotatable bonds is 3. The van der Waals surface area contributed by atoms with Crippen LogP contribution in [0, 0.1) is 0 Å². The molecule has 2 rings (SSSR count). The first kappa shape index (κ1) is 13.0. The third-order valence-corrected chi connectivity index (χ3v) is 2.30. The van der Waals surface area contributed by atoms with Crippen LogP contribution in [-0.2, 0) is 0 Å². The Hall–Kier alpha value is -2.41. The quantitative estimate of drug-likeness (QED) is 0.827. The topological polar surface area (TPSA) is 97.2 Å². The molecule has 7 nitrogen and oxygen atoms in total. The zero-order valence-electron chi connectivity index (χ0n) is 9.79. The minimum atomic E-state index is -0.651. The standard InChI is InChI=1S/C11H9ClN4O3/c1-19-8-5-7(12)14-11(15-8)16-10(18)9-6(17)3-2-4-13-9/h2-5,17H,1H3,(H,14,15,16,18). The fourth-order valence-electron chi connectivity index (χ4n) is 1.29. The van der Waals surface area contributed by atoms with E-state index in [1.165, 1.54) is 31.5 Å². The molecule has 1 amide bonds. The van der Waals surface area contributed by atoms with Crippen molar-refractivity contribution in [3.05, 3.63) is 35.2 Å². The number of aromatic nitrogens is 3. The SMILES string of the molecule is COc1cc(Cl)nc(NC(=O)c2ncccc2O)n1. The van der Waals surface area contributed by atoms with Gasteiger partial charge in [-0.3, -0.25) is 10.1 Å². The lowest BCUT2D eigenvalue weighted by Crippen LogP contribution is -2.16. The molecule has 0 aliphatic carbocycles. The first-order chi connectivity index (χ1) is 9.10. The number of pyridine rings is 1. The predicted octanol–water partition coefficient (Wildman–Crippen LogP) is 1.49. The van der Waals surface area contributed by atoms with Gasteiger partial charge in [-0.05, 0) is 12.1 Å². The van der Waals surface area contributed by atoms with Crippen molar-refractivity contribution in [2.75, 3.05) is 12.4 Å². The fraction of sp³-hybridized carbons (Fsp3) is 0.0909. The van der Waals surface area contributed by atoms with Gasteiger partial charge in [-0.2, -0.15) is 4.98 Å². The largest absolute Gasteiger partial charge is 0.505 e. The molecule has 0 aliphatic heterocycles. The third kappa shape index (κ3) is 3.08. The minimum absolute atomic E-state index is 0.0422. The van der Waals surface area contributed by atoms with Crippen LogP contribution in [0.2, 0.25) is 5.15 Å². The molecule has 0 aromatic carbocycles. The van der Waals surface area contributed by atoms with Gasteiger partial charge in [0.2, 0.25) is 11.8 Å². The van der Waals surface area contributed by atoms with Crippen molar-refractivity contribution in [2.45, 2.75) is 0 Å². The average molecular weight is 281 g/mol. The van der Waals surface area contributed by atoms with Crippen LogP contribution < -0.4 is 10.1 Å². The molecule has 2 N–H and O–H groups in total. The lowest BCUT2D eigenvalue weighted by atomic mass is 10.3. The summed E-state index contributed by atoms with van der Waals surface area (Å²) in [6.45, 7) is 0. The van der Waals surface area contributed by atoms with Gasteiger partial charge in [0.25, 0.3) is 5.91 Å². The normalized spacial score (nSPS) is 10.0. The lowest BCUT2D eigenvalue weighted by molar-refractivity contribution is 0.101. The number of anilines is 1. The number of methoxy groups -OCH3 is 1. The molecular weight excluding hydrogens is 272 g/mol. The van der Waals surface area contributed by atoms with Crippen molar-refractivity contribution in [3.63, 3.8) is 0 Å². The molecule has 19 heavy (non-hydrogen) atoms. The molecule has 2 aromatic rings. The highest BCUT2D eigenvalue weighted by molar-refractivity contribution is 6.29. The zero-order valence-corrected chi connectivity index (χ0v) is 10.5. The van der Waals surface area contributed by atoms with Gasteiger partial charge < -0.3 is 9.84 Å². The van der Waals surface area contributed by atoms with Gasteiger partial charge in [0.05, 0.1) is 7.11 Å². The van der Waals surface area contributed by atoms with Crippen LogP contribution in [0.25, 0.3) is 0 Å². The monoisotopic (exact) mass is 280 g/mol. The molecule has 0 unspecified atom stereocenters. The van der Waals surface area contributed by atoms with E-state index in [9.17, 15) is 9.90 Å². The number of carbonyl (C=O) groups is 1. The van der Waals surface area contributed by atoms with Crippen molar-refractivity contribution in [2.24, 2.45) is 0 Å². The average Bonchev–Trinajstić information content (AvgIpc) is 2.38. The fourth-order valence-corrected chi connectivity index (χ4v) is 1.46. The first-order valence-electron chi connectivity index (χ1n) is 5.14. The molecule has 0 aliphatic rings. The van der Waals surface area contributed by atoms with E-state index in [1.807, 2.05) is 0 Å². The molecule has 0 saturated heterocycles. The van der Waals surface area contributed by atoms with E-state index in [1.54, 1.807) is 0 Å². The van der Waals surface area contributed by atoms with E-state index in [4.69, 9.17) is 16.3 Å². The van der Waals surface area contributed by atoms with E-state index in [0.29, 0.717) is 0 Å². The molecule has 98 valence electrons. The number of nitrogens with one attached hydrogen (secondary N) is 1. The lowest BCUT2D eigenvalue weighted by Gasteiger charge is -2.06. The number of carbonyl (C=O) groups excluding carboxylic acids is 1. The summed E-state index contributed by atoms with van der Waals surface area (Å²) in [5.74, 6) is -0.726. The number of hydrogen-bond acceptors (Lipinski definition) is 6. The Morgan fingerprint density at radius 3 is 2.95 bits per heavy atom. The van der Waals surface area contributed by atoms with E-state index in [2.05, 4.69) is 20.3 Å². The smallest absolute Gasteiger partial charge is 0.280 e. The highest BCUT2D eigenvalue weighted by atomic mass is 35.5. The number of aromatic hydroxyl groups is 1. The number of nitrogens with zero attached hydrogens (tertiary/aromatic N) is 3. The van der Waals surface area contributed by atoms with Crippen LogP contribution in [0.5, 0.6) is 11.6 Å². The van der Waals surface area contributed by atoms with Crippen molar-refractivity contribution in [1.29, 1.82) is 0 Å². The molecule has 0 bridgehead atoms. The molecular formula is C11H9ClN4O3. The summed E-state index contributed by atoms with van der Waals surface area (Å²) < 4.78 is 4.89. The number of hydrogen-bond donors (Lipinski definition) is 2. The zero-order chi connectivity index (χ0) is 13.8. The second-order valence-electron chi connectivity index (χ2n) is 3.38. The van der Waals surface area contributed by atoms with Crippen molar-refractivity contribution in [3.8, 4) is 11.6 Å². The minimum Gasteiger partial charge on any atom is -0.505 e. The molecule has 0 spiro atoms. The number of ether oxygens (including phenoxy) is 1. The molecule has 0 radical (unpaired) electrons. The summed E-state index contributed by atoms with van der Waals surface area (Å²) >= 11 is 5.74. The first-order valence-corrected chi connectivity index (χ1v) is 5.52. The highest BCUT2D eigenvalue weighted by Crippen LogP contribution is 2.18. The van der Waals surface area contributed by atoms with Gasteiger partial charge in [0, 0.05) is 12.3 Å². The Bertz CT molecular complexity index is 621. The maximum atomic E-state index is 11.8. The highest BCUT2D eigenvalue weighted by Gasteiger charge is 2.14. The molecule has 2 heterocycles. The van der Waals surface area contributed by atoms with Crippen molar-refractivity contribution >= 4 is 23.5 Å². The Labute approximate surface area is 113 Å². The summed E-state index contributed by atoms with van der Waals surface area (Å²) in [6, 6.07) is 4.25. The van der Waals surface area contributed by atoms with Crippen LogP contribution in [0.1, 0.15) is 10.5 Å². The Morgan fingerprint density at radius 1 is 1.47 bits per heavy atom. The van der Waals surface area contributed by atoms with E-state index in [0.717, 1.165) is 0 Å². The van der Waals surface area contributed by atoms with E-state index < -0.39 is 5.91 Å². The van der Waals surface area contributed by atoms with E-state index >= 15 is 0 Å². The van der Waals surface area contributed by atoms with E-state index in [-0.39, 0.29) is 28.4 Å². The molecule has 2 aromatic heterocycles. The van der Waals surface area contributed by atoms with Crippen LogP contribution in [-0.4, -0.2) is 33.1 Å². The van der Waals surface area contributed by atoms with Gasteiger partial charge in [-0.25, -0.2) is 9.97 Å². The summed E-state index contributed by atoms with van der Waals surface area (Å²) in [4.78, 5) is 23.3. The van der Waals surface area contributed by atoms with Crippen molar-refractivity contribution in [1.82, 2.24) is 15.0 Å². The maximum absolute atomic E-state index is 11.8. The van der Waals surface area contributed by atoms with Gasteiger partial charge in [-0.1, -0.05) is 11.6 Å².